The van der Waals surface area contributed by atoms with E-state index in [2.05, 4.69) is 13.8 Å². The maximum absolute atomic E-state index is 12.7. The molecule has 8 atom stereocenters. The van der Waals surface area contributed by atoms with Crippen molar-refractivity contribution in [1.29, 1.82) is 0 Å². The van der Waals surface area contributed by atoms with Crippen LogP contribution in [0.1, 0.15) is 84.5 Å². The standard InChI is InChI=1S/C26H42N2O5/c1-24-10-5-18(33-23(32)28-13-8-17(29)9-14-28)15-16(24)3-4-20-19(24)6-11-25(2)21(22(30)31)7-12-26(20,25)27/h16-21,29H,3-15,27H2,1-2H3,(H,30,31)/t16?,18?,19-,20-,21?,24+,25-,26-/m1/s1. The molecular formula is C26H42N2O5. The van der Waals surface area contributed by atoms with Gasteiger partial charge >= 0.3 is 12.1 Å². The van der Waals surface area contributed by atoms with E-state index in [1.807, 2.05) is 0 Å². The molecule has 7 nitrogen and oxygen atoms in total. The highest BCUT2D eigenvalue weighted by molar-refractivity contribution is 5.72. The van der Waals surface area contributed by atoms with Crippen LogP contribution in [0.15, 0.2) is 0 Å². The Morgan fingerprint density at radius 3 is 2.36 bits per heavy atom. The Labute approximate surface area is 197 Å². The lowest BCUT2D eigenvalue weighted by Gasteiger charge is -2.64. The predicted octanol–water partition coefficient (Wildman–Crippen LogP) is 3.77. The zero-order chi connectivity index (χ0) is 23.6. The van der Waals surface area contributed by atoms with Crippen LogP contribution in [-0.2, 0) is 9.53 Å². The van der Waals surface area contributed by atoms with Crippen molar-refractivity contribution in [3.8, 4) is 0 Å². The number of amides is 1. The normalized spacial score (nSPS) is 47.9. The van der Waals surface area contributed by atoms with Crippen molar-refractivity contribution < 1.29 is 24.5 Å². The second kappa shape index (κ2) is 8.11. The van der Waals surface area contributed by atoms with E-state index >= 15 is 0 Å². The smallest absolute Gasteiger partial charge is 0.410 e. The van der Waals surface area contributed by atoms with Crippen LogP contribution in [0.2, 0.25) is 0 Å². The van der Waals surface area contributed by atoms with Gasteiger partial charge in [-0.2, -0.15) is 0 Å². The van der Waals surface area contributed by atoms with Crippen LogP contribution in [0, 0.1) is 34.5 Å². The van der Waals surface area contributed by atoms with Gasteiger partial charge in [0, 0.05) is 18.6 Å². The van der Waals surface area contributed by atoms with Crippen LogP contribution in [0.5, 0.6) is 0 Å². The molecule has 4 saturated carbocycles. The third kappa shape index (κ3) is 3.51. The third-order valence-electron chi connectivity index (χ3n) is 11.2. The van der Waals surface area contributed by atoms with E-state index < -0.39 is 5.97 Å². The molecule has 0 radical (unpaired) electrons. The Kier molecular flexibility index (Phi) is 5.75. The number of nitrogens with two attached hydrogens (primary N) is 1. The Morgan fingerprint density at radius 1 is 0.939 bits per heavy atom. The second-order valence-electron chi connectivity index (χ2n) is 12.4. The Balaban J connectivity index is 1.26. The van der Waals surface area contributed by atoms with Crippen LogP contribution in [0.3, 0.4) is 0 Å². The minimum atomic E-state index is -0.672. The van der Waals surface area contributed by atoms with Gasteiger partial charge in [0.25, 0.3) is 0 Å². The first-order valence-electron chi connectivity index (χ1n) is 13.2. The number of carbonyl (C=O) groups excluding carboxylic acids is 1. The van der Waals surface area contributed by atoms with Crippen LogP contribution < -0.4 is 5.73 Å². The molecule has 1 amide bonds. The fourth-order valence-electron chi connectivity index (χ4n) is 9.06. The summed E-state index contributed by atoms with van der Waals surface area (Å²) in [6.07, 6.45) is 9.25. The molecule has 0 aromatic heterocycles. The zero-order valence-corrected chi connectivity index (χ0v) is 20.3. The predicted molar refractivity (Wildman–Crippen MR) is 123 cm³/mol. The molecule has 4 aliphatic carbocycles. The Morgan fingerprint density at radius 2 is 1.67 bits per heavy atom. The van der Waals surface area contributed by atoms with E-state index in [1.165, 1.54) is 0 Å². The van der Waals surface area contributed by atoms with E-state index in [9.17, 15) is 19.8 Å². The largest absolute Gasteiger partial charge is 0.481 e. The number of piperidine rings is 1. The summed E-state index contributed by atoms with van der Waals surface area (Å²) in [5, 5.41) is 19.6. The molecule has 0 aromatic rings. The molecule has 5 aliphatic rings. The second-order valence-corrected chi connectivity index (χ2v) is 12.4. The molecule has 5 fully saturated rings. The average molecular weight is 463 g/mol. The first-order chi connectivity index (χ1) is 15.6. The van der Waals surface area contributed by atoms with Gasteiger partial charge in [-0.3, -0.25) is 4.79 Å². The molecule has 5 rings (SSSR count). The quantitative estimate of drug-likeness (QED) is 0.576. The van der Waals surface area contributed by atoms with E-state index in [0.717, 1.165) is 51.4 Å². The number of fused-ring (bicyclic) bond motifs is 5. The molecule has 1 aliphatic heterocycles. The van der Waals surface area contributed by atoms with Gasteiger partial charge in [-0.15, -0.1) is 0 Å². The number of nitrogens with zero attached hydrogens (tertiary/aromatic N) is 1. The van der Waals surface area contributed by atoms with Gasteiger partial charge in [0.15, 0.2) is 0 Å². The maximum atomic E-state index is 12.7. The summed E-state index contributed by atoms with van der Waals surface area (Å²) in [7, 11) is 0. The summed E-state index contributed by atoms with van der Waals surface area (Å²) in [5.74, 6) is 0.453. The number of carboxylic acid groups (broad SMARTS) is 1. The fraction of sp³-hybridized carbons (Fsp3) is 0.923. The van der Waals surface area contributed by atoms with Crippen LogP contribution >= 0.6 is 0 Å². The van der Waals surface area contributed by atoms with Crippen LogP contribution in [0.4, 0.5) is 4.79 Å². The molecule has 1 saturated heterocycles. The topological polar surface area (TPSA) is 113 Å². The average Bonchev–Trinajstić information content (AvgIpc) is 3.06. The van der Waals surface area contributed by atoms with Crippen LogP contribution in [-0.4, -0.2) is 58.0 Å². The minimum absolute atomic E-state index is 0.0254. The van der Waals surface area contributed by atoms with Gasteiger partial charge in [0.1, 0.15) is 6.10 Å². The highest BCUT2D eigenvalue weighted by atomic mass is 16.6. The number of likely N-dealkylation sites (tertiary alicyclic amines) is 1. The summed E-state index contributed by atoms with van der Waals surface area (Å²) in [6.45, 7) is 5.74. The van der Waals surface area contributed by atoms with E-state index in [4.69, 9.17) is 10.5 Å². The lowest BCUT2D eigenvalue weighted by atomic mass is 9.42. The van der Waals surface area contributed by atoms with Gasteiger partial charge in [-0.05, 0) is 99.2 Å². The number of hydrogen-bond acceptors (Lipinski definition) is 5. The number of carboxylic acids is 1. The number of hydrogen-bond donors (Lipinski definition) is 3. The molecule has 7 heteroatoms. The van der Waals surface area contributed by atoms with Gasteiger partial charge < -0.3 is 25.6 Å². The van der Waals surface area contributed by atoms with Crippen molar-refractivity contribution in [3.05, 3.63) is 0 Å². The first-order valence-corrected chi connectivity index (χ1v) is 13.2. The molecule has 1 heterocycles. The SMILES string of the molecule is C[C@]12CCC(OC(=O)N3CCC(O)CC3)CC1CC[C@@H]1[C@H]2CC[C@]2(C)C(C(=O)O)CC[C@@]12N. The molecule has 4 N–H and O–H groups in total. The zero-order valence-electron chi connectivity index (χ0n) is 20.3. The lowest BCUT2D eigenvalue weighted by molar-refractivity contribution is -0.157. The number of carbonyl (C=O) groups is 2. The van der Waals surface area contributed by atoms with Crippen LogP contribution in [0.25, 0.3) is 0 Å². The molecule has 3 unspecified atom stereocenters. The van der Waals surface area contributed by atoms with Gasteiger partial charge in [-0.25, -0.2) is 4.79 Å². The fourth-order valence-corrected chi connectivity index (χ4v) is 9.06. The molecular weight excluding hydrogens is 420 g/mol. The summed E-state index contributed by atoms with van der Waals surface area (Å²) in [5.41, 5.74) is 6.69. The molecule has 0 aromatic carbocycles. The Bertz CT molecular complexity index is 798. The van der Waals surface area contributed by atoms with Crippen molar-refractivity contribution in [2.24, 2.45) is 40.2 Å². The number of aliphatic hydroxyl groups is 1. The van der Waals surface area contributed by atoms with Crippen molar-refractivity contribution in [3.63, 3.8) is 0 Å². The maximum Gasteiger partial charge on any atom is 0.410 e. The monoisotopic (exact) mass is 462 g/mol. The van der Waals surface area contributed by atoms with Gasteiger partial charge in [0.2, 0.25) is 0 Å². The van der Waals surface area contributed by atoms with Gasteiger partial charge in [0.05, 0.1) is 12.0 Å². The van der Waals surface area contributed by atoms with Gasteiger partial charge in [-0.1, -0.05) is 13.8 Å². The molecule has 33 heavy (non-hydrogen) atoms. The summed E-state index contributed by atoms with van der Waals surface area (Å²) in [4.78, 5) is 26.4. The van der Waals surface area contributed by atoms with Crippen molar-refractivity contribution >= 4 is 12.1 Å². The summed E-state index contributed by atoms with van der Waals surface area (Å²) >= 11 is 0. The number of aliphatic carboxylic acids is 1. The number of ether oxygens (including phenoxy) is 1. The number of rotatable bonds is 2. The first kappa shape index (κ1) is 23.4. The van der Waals surface area contributed by atoms with E-state index in [0.29, 0.717) is 50.1 Å². The van der Waals surface area contributed by atoms with E-state index in [1.54, 1.807) is 4.90 Å². The van der Waals surface area contributed by atoms with Crippen molar-refractivity contribution in [2.45, 2.75) is 102 Å². The molecule has 0 bridgehead atoms. The lowest BCUT2D eigenvalue weighted by Crippen LogP contribution is -2.66. The van der Waals surface area contributed by atoms with E-state index in [-0.39, 0.29) is 40.6 Å². The minimum Gasteiger partial charge on any atom is -0.481 e. The van der Waals surface area contributed by atoms with Crippen molar-refractivity contribution in [2.75, 3.05) is 13.1 Å². The summed E-state index contributed by atoms with van der Waals surface area (Å²) < 4.78 is 5.96. The highest BCUT2D eigenvalue weighted by Gasteiger charge is 2.67. The third-order valence-corrected chi connectivity index (χ3v) is 11.2. The number of aliphatic hydroxyl groups excluding tert-OH is 1. The Hall–Kier alpha value is -1.34. The summed E-state index contributed by atoms with van der Waals surface area (Å²) in [6, 6.07) is 0. The van der Waals surface area contributed by atoms with Crippen molar-refractivity contribution in [1.82, 2.24) is 4.90 Å². The highest BCUT2D eigenvalue weighted by Crippen LogP contribution is 2.68. The molecule has 0 spiro atoms. The molecule has 186 valence electrons.